The van der Waals surface area contributed by atoms with E-state index in [0.717, 1.165) is 22.9 Å². The van der Waals surface area contributed by atoms with Gasteiger partial charge >= 0.3 is 0 Å². The first-order valence-corrected chi connectivity index (χ1v) is 7.72. The fraction of sp³-hybridized carbons (Fsp3) is 0.438. The van der Waals surface area contributed by atoms with Crippen molar-refractivity contribution in [3.63, 3.8) is 0 Å². The number of benzene rings is 1. The fourth-order valence-electron chi connectivity index (χ4n) is 1.83. The predicted molar refractivity (Wildman–Crippen MR) is 83.3 cm³/mol. The maximum absolute atomic E-state index is 5.61. The van der Waals surface area contributed by atoms with Gasteiger partial charge in [-0.3, -0.25) is 0 Å². The van der Waals surface area contributed by atoms with Crippen molar-refractivity contribution >= 4 is 11.8 Å². The molecule has 1 aromatic carbocycles. The summed E-state index contributed by atoms with van der Waals surface area (Å²) in [5, 5.41) is 4.16. The van der Waals surface area contributed by atoms with E-state index in [4.69, 9.17) is 4.42 Å². The van der Waals surface area contributed by atoms with Crippen molar-refractivity contribution in [1.29, 1.82) is 0 Å². The van der Waals surface area contributed by atoms with Crippen LogP contribution in [0.1, 0.15) is 36.4 Å². The van der Waals surface area contributed by atoms with Crippen molar-refractivity contribution in [2.24, 2.45) is 0 Å². The summed E-state index contributed by atoms with van der Waals surface area (Å²) in [5.74, 6) is 0.891. The van der Waals surface area contributed by atoms with Crippen molar-refractivity contribution in [3.05, 3.63) is 40.8 Å². The molecular weight excluding hydrogens is 268 g/mol. The molecule has 1 aromatic heterocycles. The minimum Gasteiger partial charge on any atom is -0.436 e. The third kappa shape index (κ3) is 3.87. The fourth-order valence-corrected chi connectivity index (χ4v) is 2.75. The molecule has 0 spiro atoms. The predicted octanol–water partition coefficient (Wildman–Crippen LogP) is 4.25. The number of nitrogens with zero attached hydrogens (tertiary/aromatic N) is 1. The van der Waals surface area contributed by atoms with Crippen LogP contribution < -0.4 is 5.32 Å². The van der Waals surface area contributed by atoms with Crippen molar-refractivity contribution in [2.45, 2.75) is 57.3 Å². The maximum atomic E-state index is 5.61. The summed E-state index contributed by atoms with van der Waals surface area (Å²) in [4.78, 5) is 5.57. The van der Waals surface area contributed by atoms with Crippen LogP contribution in [0.5, 0.6) is 0 Å². The van der Waals surface area contributed by atoms with Crippen molar-refractivity contribution in [3.8, 4) is 0 Å². The smallest absolute Gasteiger partial charge is 0.260 e. The second-order valence-corrected chi connectivity index (χ2v) is 6.37. The lowest BCUT2D eigenvalue weighted by Crippen LogP contribution is -2.22. The monoisotopic (exact) mass is 290 g/mol. The van der Waals surface area contributed by atoms with E-state index < -0.39 is 0 Å². The van der Waals surface area contributed by atoms with Gasteiger partial charge in [-0.25, -0.2) is 4.98 Å². The molecule has 0 saturated heterocycles. The van der Waals surface area contributed by atoms with E-state index in [1.54, 1.807) is 11.8 Å². The Morgan fingerprint density at radius 2 is 2.00 bits per heavy atom. The number of aryl methyl sites for hydroxylation is 3. The molecule has 0 fully saturated rings. The summed E-state index contributed by atoms with van der Waals surface area (Å²) in [7, 11) is 0. The Balaban J connectivity index is 2.08. The van der Waals surface area contributed by atoms with Crippen LogP contribution in [0.3, 0.4) is 0 Å². The Hall–Kier alpha value is -1.26. The molecule has 0 atom stereocenters. The molecule has 1 heterocycles. The van der Waals surface area contributed by atoms with Gasteiger partial charge in [0.2, 0.25) is 0 Å². The second kappa shape index (κ2) is 6.46. The standard InChI is InChI=1S/C16H22N2OS/c1-10(2)17-9-14-6-7-15(8-11(14)3)20-16-18-12(4)13(5)19-16/h6-8,10,17H,9H2,1-5H3. The molecule has 108 valence electrons. The third-order valence-corrected chi connectivity index (χ3v) is 4.07. The Bertz CT molecular complexity index is 571. The third-order valence-electron chi connectivity index (χ3n) is 3.23. The van der Waals surface area contributed by atoms with Crippen LogP contribution in [0.15, 0.2) is 32.7 Å². The van der Waals surface area contributed by atoms with Gasteiger partial charge < -0.3 is 9.73 Å². The molecule has 0 aliphatic rings. The van der Waals surface area contributed by atoms with Gasteiger partial charge in [0.05, 0.1) is 5.69 Å². The molecule has 0 saturated carbocycles. The average molecular weight is 290 g/mol. The van der Waals surface area contributed by atoms with Crippen LogP contribution in [-0.2, 0) is 6.54 Å². The normalized spacial score (nSPS) is 11.3. The first-order valence-electron chi connectivity index (χ1n) is 6.90. The van der Waals surface area contributed by atoms with Gasteiger partial charge in [-0.1, -0.05) is 19.9 Å². The largest absolute Gasteiger partial charge is 0.436 e. The SMILES string of the molecule is Cc1cc(Sc2nc(C)c(C)o2)ccc1CNC(C)C. The molecule has 4 heteroatoms. The molecule has 0 radical (unpaired) electrons. The first kappa shape index (κ1) is 15.1. The topological polar surface area (TPSA) is 38.1 Å². The van der Waals surface area contributed by atoms with Gasteiger partial charge in [-0.2, -0.15) is 0 Å². The van der Waals surface area contributed by atoms with E-state index in [2.05, 4.69) is 49.3 Å². The van der Waals surface area contributed by atoms with Crippen LogP contribution >= 0.6 is 11.8 Å². The minimum absolute atomic E-state index is 0.502. The highest BCUT2D eigenvalue weighted by atomic mass is 32.2. The molecule has 2 aromatic rings. The summed E-state index contributed by atoms with van der Waals surface area (Å²) in [6, 6.07) is 7.00. The summed E-state index contributed by atoms with van der Waals surface area (Å²) in [6.07, 6.45) is 0. The summed E-state index contributed by atoms with van der Waals surface area (Å²) >= 11 is 1.57. The highest BCUT2D eigenvalue weighted by Gasteiger charge is 2.08. The molecule has 0 amide bonds. The Morgan fingerprint density at radius 3 is 2.55 bits per heavy atom. The molecule has 0 aliphatic carbocycles. The number of oxazole rings is 1. The highest BCUT2D eigenvalue weighted by Crippen LogP contribution is 2.29. The highest BCUT2D eigenvalue weighted by molar-refractivity contribution is 7.99. The van der Waals surface area contributed by atoms with Gasteiger partial charge in [0.25, 0.3) is 5.22 Å². The van der Waals surface area contributed by atoms with E-state index in [1.165, 1.54) is 11.1 Å². The number of hydrogen-bond acceptors (Lipinski definition) is 4. The van der Waals surface area contributed by atoms with Gasteiger partial charge in [-0.05, 0) is 55.8 Å². The molecule has 1 N–H and O–H groups in total. The zero-order chi connectivity index (χ0) is 14.7. The summed E-state index contributed by atoms with van der Waals surface area (Å²) < 4.78 is 5.61. The van der Waals surface area contributed by atoms with Crippen molar-refractivity contribution < 1.29 is 4.42 Å². The molecular formula is C16H22N2OS. The van der Waals surface area contributed by atoms with Crippen molar-refractivity contribution in [2.75, 3.05) is 0 Å². The van der Waals surface area contributed by atoms with E-state index in [0.29, 0.717) is 11.3 Å². The summed E-state index contributed by atoms with van der Waals surface area (Å²) in [5.41, 5.74) is 3.59. The van der Waals surface area contributed by atoms with E-state index in [1.807, 2.05) is 13.8 Å². The van der Waals surface area contributed by atoms with Gasteiger partial charge in [0.1, 0.15) is 5.76 Å². The lowest BCUT2D eigenvalue weighted by Gasteiger charge is -2.11. The lowest BCUT2D eigenvalue weighted by atomic mass is 10.1. The number of rotatable bonds is 5. The van der Waals surface area contributed by atoms with Crippen LogP contribution in [0.2, 0.25) is 0 Å². The van der Waals surface area contributed by atoms with Gasteiger partial charge in [0.15, 0.2) is 0 Å². The van der Waals surface area contributed by atoms with Crippen LogP contribution in [0.25, 0.3) is 0 Å². The number of aromatic nitrogens is 1. The maximum Gasteiger partial charge on any atom is 0.260 e. The molecule has 2 rings (SSSR count). The van der Waals surface area contributed by atoms with Gasteiger partial charge in [0, 0.05) is 17.5 Å². The zero-order valence-corrected chi connectivity index (χ0v) is 13.6. The van der Waals surface area contributed by atoms with Crippen molar-refractivity contribution in [1.82, 2.24) is 10.3 Å². The van der Waals surface area contributed by atoms with Crippen LogP contribution in [0, 0.1) is 20.8 Å². The minimum atomic E-state index is 0.502. The Morgan fingerprint density at radius 1 is 1.25 bits per heavy atom. The first-order chi connectivity index (χ1) is 9.45. The lowest BCUT2D eigenvalue weighted by molar-refractivity contribution is 0.431. The molecule has 3 nitrogen and oxygen atoms in total. The van der Waals surface area contributed by atoms with Crippen LogP contribution in [0.4, 0.5) is 0 Å². The number of nitrogens with one attached hydrogen (secondary N) is 1. The number of hydrogen-bond donors (Lipinski definition) is 1. The quantitative estimate of drug-likeness (QED) is 0.893. The summed E-state index contributed by atoms with van der Waals surface area (Å²) in [6.45, 7) is 11.3. The molecule has 0 bridgehead atoms. The van der Waals surface area contributed by atoms with Crippen LogP contribution in [-0.4, -0.2) is 11.0 Å². The Labute approximate surface area is 125 Å². The van der Waals surface area contributed by atoms with E-state index in [-0.39, 0.29) is 0 Å². The zero-order valence-electron chi connectivity index (χ0n) is 12.8. The van der Waals surface area contributed by atoms with Gasteiger partial charge in [-0.15, -0.1) is 0 Å². The molecule has 20 heavy (non-hydrogen) atoms. The molecule has 0 aliphatic heterocycles. The molecule has 0 unspecified atom stereocenters. The Kier molecular flexibility index (Phi) is 4.89. The second-order valence-electron chi connectivity index (χ2n) is 5.35. The van der Waals surface area contributed by atoms with E-state index >= 15 is 0 Å². The average Bonchev–Trinajstić information content (AvgIpc) is 2.67. The van der Waals surface area contributed by atoms with E-state index in [9.17, 15) is 0 Å².